The summed E-state index contributed by atoms with van der Waals surface area (Å²) in [5, 5.41) is 9.69. The van der Waals surface area contributed by atoms with Crippen LogP contribution < -0.4 is 10.6 Å². The molecule has 2 rings (SSSR count). The lowest BCUT2D eigenvalue weighted by Crippen LogP contribution is -2.27. The molecule has 28 heavy (non-hydrogen) atoms. The Kier molecular flexibility index (Phi) is 7.32. The summed E-state index contributed by atoms with van der Waals surface area (Å²) in [5.41, 5.74) is 4.04. The number of rotatable bonds is 7. The minimum absolute atomic E-state index is 0.125. The Morgan fingerprint density at radius 2 is 1.57 bits per heavy atom. The lowest BCUT2D eigenvalue weighted by molar-refractivity contribution is -0.126. The molecule has 0 saturated heterocycles. The van der Waals surface area contributed by atoms with Gasteiger partial charge < -0.3 is 15.5 Å². The zero-order chi connectivity index (χ0) is 20.7. The van der Waals surface area contributed by atoms with E-state index in [1.54, 1.807) is 26.0 Å². The van der Waals surface area contributed by atoms with Crippen molar-refractivity contribution in [2.24, 2.45) is 5.16 Å². The van der Waals surface area contributed by atoms with Gasteiger partial charge in [-0.05, 0) is 49.1 Å². The van der Waals surface area contributed by atoms with E-state index in [1.807, 2.05) is 36.4 Å². The molecule has 2 aromatic carbocycles. The fourth-order valence-electron chi connectivity index (χ4n) is 2.61. The molecular formula is C22H27N3O3. The van der Waals surface area contributed by atoms with Crippen LogP contribution in [-0.2, 0) is 14.4 Å². The number of hydrogen-bond acceptors (Lipinski definition) is 4. The van der Waals surface area contributed by atoms with E-state index in [9.17, 15) is 9.59 Å². The molecule has 0 aliphatic carbocycles. The highest BCUT2D eigenvalue weighted by molar-refractivity contribution is 5.99. The minimum atomic E-state index is -0.742. The van der Waals surface area contributed by atoms with E-state index < -0.39 is 6.10 Å². The Morgan fingerprint density at radius 3 is 2.18 bits per heavy atom. The molecule has 0 radical (unpaired) electrons. The summed E-state index contributed by atoms with van der Waals surface area (Å²) in [7, 11) is 0. The van der Waals surface area contributed by atoms with Crippen LogP contribution in [-0.4, -0.2) is 23.6 Å². The summed E-state index contributed by atoms with van der Waals surface area (Å²) in [6, 6.07) is 15.0. The minimum Gasteiger partial charge on any atom is -0.382 e. The number of carbonyl (C=O) groups is 2. The maximum absolute atomic E-state index is 12.4. The molecule has 0 saturated carbocycles. The van der Waals surface area contributed by atoms with Crippen LogP contribution in [0, 0.1) is 0 Å². The summed E-state index contributed by atoms with van der Waals surface area (Å²) in [5.74, 6) is -0.0838. The fourth-order valence-corrected chi connectivity index (χ4v) is 2.61. The number of anilines is 2. The van der Waals surface area contributed by atoms with Crippen LogP contribution in [0.3, 0.4) is 0 Å². The summed E-state index contributed by atoms with van der Waals surface area (Å²) in [6.45, 7) is 9.07. The standard InChI is InChI=1S/C22H27N3O3/c1-14(2)20-8-6-7-9-21(20)24-22(27)16(4)28-25-15(3)18-10-12-19(13-11-18)23-17(5)26/h6-14,16H,1-5H3,(H,23,26)(H,24,27)/b25-15+. The highest BCUT2D eigenvalue weighted by Gasteiger charge is 2.17. The zero-order valence-electron chi connectivity index (χ0n) is 16.9. The van der Waals surface area contributed by atoms with Crippen molar-refractivity contribution in [2.45, 2.75) is 46.6 Å². The Bertz CT molecular complexity index is 858. The normalized spacial score (nSPS) is 12.4. The molecule has 0 spiro atoms. The number of hydrogen-bond donors (Lipinski definition) is 2. The highest BCUT2D eigenvalue weighted by Crippen LogP contribution is 2.23. The van der Waals surface area contributed by atoms with Crippen LogP contribution in [0.15, 0.2) is 53.7 Å². The lowest BCUT2D eigenvalue weighted by atomic mass is 10.0. The van der Waals surface area contributed by atoms with Crippen LogP contribution in [0.25, 0.3) is 0 Å². The van der Waals surface area contributed by atoms with E-state index in [0.29, 0.717) is 17.3 Å². The number of carbonyl (C=O) groups excluding carboxylic acids is 2. The molecule has 0 bridgehead atoms. The smallest absolute Gasteiger partial charge is 0.267 e. The molecule has 148 valence electrons. The third-order valence-corrected chi connectivity index (χ3v) is 4.18. The number of benzene rings is 2. The Labute approximate surface area is 166 Å². The molecule has 1 atom stereocenters. The number of oxime groups is 1. The van der Waals surface area contributed by atoms with Crippen LogP contribution in [0.1, 0.15) is 51.7 Å². The van der Waals surface area contributed by atoms with E-state index in [0.717, 1.165) is 16.8 Å². The van der Waals surface area contributed by atoms with Gasteiger partial charge in [-0.3, -0.25) is 9.59 Å². The molecule has 6 nitrogen and oxygen atoms in total. The van der Waals surface area contributed by atoms with Gasteiger partial charge in [0, 0.05) is 18.3 Å². The largest absolute Gasteiger partial charge is 0.382 e. The monoisotopic (exact) mass is 381 g/mol. The van der Waals surface area contributed by atoms with Gasteiger partial charge in [0.15, 0.2) is 0 Å². The molecule has 1 unspecified atom stereocenters. The number of nitrogens with zero attached hydrogens (tertiary/aromatic N) is 1. The fraction of sp³-hybridized carbons (Fsp3) is 0.318. The predicted molar refractivity (Wildman–Crippen MR) is 113 cm³/mol. The Balaban J connectivity index is 1.99. The summed E-state index contributed by atoms with van der Waals surface area (Å²) >= 11 is 0. The highest BCUT2D eigenvalue weighted by atomic mass is 16.6. The van der Waals surface area contributed by atoms with E-state index in [1.165, 1.54) is 6.92 Å². The first kappa shape index (κ1) is 21.2. The van der Waals surface area contributed by atoms with E-state index in [4.69, 9.17) is 4.84 Å². The number of nitrogens with one attached hydrogen (secondary N) is 2. The van der Waals surface area contributed by atoms with Crippen molar-refractivity contribution in [2.75, 3.05) is 10.6 Å². The predicted octanol–water partition coefficient (Wildman–Crippen LogP) is 4.54. The molecule has 0 aromatic heterocycles. The van der Waals surface area contributed by atoms with Gasteiger partial charge in [-0.2, -0.15) is 0 Å². The average Bonchev–Trinajstić information content (AvgIpc) is 2.66. The van der Waals surface area contributed by atoms with Crippen molar-refractivity contribution < 1.29 is 14.4 Å². The second kappa shape index (κ2) is 9.69. The van der Waals surface area contributed by atoms with E-state index in [2.05, 4.69) is 29.6 Å². The van der Waals surface area contributed by atoms with E-state index in [-0.39, 0.29) is 11.8 Å². The van der Waals surface area contributed by atoms with Crippen LogP contribution in [0.5, 0.6) is 0 Å². The quantitative estimate of drug-likeness (QED) is 0.546. The van der Waals surface area contributed by atoms with Crippen molar-refractivity contribution in [1.29, 1.82) is 0 Å². The lowest BCUT2D eigenvalue weighted by Gasteiger charge is -2.16. The first-order valence-electron chi connectivity index (χ1n) is 9.26. The second-order valence-corrected chi connectivity index (χ2v) is 6.91. The number of amides is 2. The Morgan fingerprint density at radius 1 is 0.929 bits per heavy atom. The molecule has 0 heterocycles. The van der Waals surface area contributed by atoms with Crippen LogP contribution >= 0.6 is 0 Å². The second-order valence-electron chi connectivity index (χ2n) is 6.91. The van der Waals surface area contributed by atoms with Gasteiger partial charge in [-0.15, -0.1) is 0 Å². The topological polar surface area (TPSA) is 79.8 Å². The zero-order valence-corrected chi connectivity index (χ0v) is 16.9. The van der Waals surface area contributed by atoms with Gasteiger partial charge in [-0.25, -0.2) is 0 Å². The van der Waals surface area contributed by atoms with Gasteiger partial charge in [0.05, 0.1) is 5.71 Å². The van der Waals surface area contributed by atoms with Crippen molar-refractivity contribution in [3.8, 4) is 0 Å². The van der Waals surface area contributed by atoms with Crippen molar-refractivity contribution in [1.82, 2.24) is 0 Å². The SMILES string of the molecule is CC(=O)Nc1ccc(/C(C)=N/OC(C)C(=O)Nc2ccccc2C(C)C)cc1. The maximum atomic E-state index is 12.4. The van der Waals surface area contributed by atoms with E-state index >= 15 is 0 Å². The molecule has 6 heteroatoms. The molecular weight excluding hydrogens is 354 g/mol. The molecule has 0 fully saturated rings. The van der Waals surface area contributed by atoms with Gasteiger partial charge in [0.2, 0.25) is 12.0 Å². The van der Waals surface area contributed by atoms with Crippen LogP contribution in [0.2, 0.25) is 0 Å². The van der Waals surface area contributed by atoms with Crippen LogP contribution in [0.4, 0.5) is 11.4 Å². The molecule has 0 aliphatic rings. The molecule has 0 aliphatic heterocycles. The summed E-state index contributed by atoms with van der Waals surface area (Å²) < 4.78 is 0. The van der Waals surface area contributed by atoms with Gasteiger partial charge in [-0.1, -0.05) is 49.3 Å². The van der Waals surface area contributed by atoms with Crippen molar-refractivity contribution >= 4 is 28.9 Å². The van der Waals surface area contributed by atoms with Gasteiger partial charge in [0.25, 0.3) is 5.91 Å². The molecule has 2 N–H and O–H groups in total. The number of para-hydroxylation sites is 1. The maximum Gasteiger partial charge on any atom is 0.267 e. The Hall–Kier alpha value is -3.15. The average molecular weight is 381 g/mol. The first-order chi connectivity index (χ1) is 13.3. The third kappa shape index (κ3) is 5.94. The first-order valence-corrected chi connectivity index (χ1v) is 9.26. The third-order valence-electron chi connectivity index (χ3n) is 4.18. The molecule has 2 aromatic rings. The van der Waals surface area contributed by atoms with Gasteiger partial charge in [0.1, 0.15) is 0 Å². The van der Waals surface area contributed by atoms with Crippen molar-refractivity contribution in [3.05, 3.63) is 59.7 Å². The van der Waals surface area contributed by atoms with Crippen molar-refractivity contribution in [3.63, 3.8) is 0 Å². The summed E-state index contributed by atoms with van der Waals surface area (Å²) in [6.07, 6.45) is -0.742. The molecule has 2 amide bonds. The van der Waals surface area contributed by atoms with Gasteiger partial charge >= 0.3 is 0 Å². The summed E-state index contributed by atoms with van der Waals surface area (Å²) in [4.78, 5) is 28.9.